The van der Waals surface area contributed by atoms with E-state index in [0.29, 0.717) is 19.5 Å². The zero-order valence-electron chi connectivity index (χ0n) is 25.6. The Hall–Kier alpha value is -2.58. The largest absolute Gasteiger partial charge is 0.395 e. The first-order chi connectivity index (χ1) is 19.2. The maximum atomic E-state index is 14.7. The Labute approximate surface area is 250 Å². The van der Waals surface area contributed by atoms with Crippen LogP contribution in [0.25, 0.3) is 0 Å². The molecule has 5 atom stereocenters. The lowest BCUT2D eigenvalue weighted by Gasteiger charge is -2.46. The monoisotopic (exact) mass is 581 g/mol. The molecule has 4 rings (SSSR count). The molecule has 8 heteroatoms. The summed E-state index contributed by atoms with van der Waals surface area (Å²) in [6.07, 6.45) is 5.61. The number of aliphatic hydroxyl groups excluding tert-OH is 1. The van der Waals surface area contributed by atoms with Crippen LogP contribution in [0.15, 0.2) is 55.6 Å². The van der Waals surface area contributed by atoms with Crippen molar-refractivity contribution >= 4 is 35.2 Å². The summed E-state index contributed by atoms with van der Waals surface area (Å²) < 4.78 is -1.23. The van der Waals surface area contributed by atoms with Gasteiger partial charge in [-0.15, -0.1) is 24.9 Å². The summed E-state index contributed by atoms with van der Waals surface area (Å²) in [7, 11) is 0. The number of rotatable bonds is 11. The first-order valence-electron chi connectivity index (χ1n) is 14.7. The SMILES string of the molecule is C=CCN(C(=O)[C@@H]1[C@H]2C(=O)N(CCO)C(C(=O)N(CC=C)C(C)(C)CC(C)(C)C)C23CC[C@@]1(C)S3)c1ccccc1. The van der Waals surface area contributed by atoms with E-state index in [2.05, 4.69) is 54.7 Å². The van der Waals surface area contributed by atoms with Crippen molar-refractivity contribution in [2.24, 2.45) is 17.3 Å². The normalized spacial score (nSPS) is 28.9. The predicted molar refractivity (Wildman–Crippen MR) is 167 cm³/mol. The molecule has 1 N–H and O–H groups in total. The molecule has 3 amide bonds. The fraction of sp³-hybridized carbons (Fsp3) is 0.606. The number of carbonyl (C=O) groups is 3. The number of likely N-dealkylation sites (tertiary alicyclic amines) is 1. The van der Waals surface area contributed by atoms with Crippen LogP contribution in [0.4, 0.5) is 5.69 Å². The van der Waals surface area contributed by atoms with E-state index in [1.807, 2.05) is 35.2 Å². The van der Waals surface area contributed by atoms with Crippen molar-refractivity contribution in [3.05, 3.63) is 55.6 Å². The van der Waals surface area contributed by atoms with Crippen molar-refractivity contribution in [3.8, 4) is 0 Å². The zero-order chi connectivity index (χ0) is 30.4. The number of para-hydroxylation sites is 1. The van der Waals surface area contributed by atoms with Crippen molar-refractivity contribution < 1.29 is 19.5 Å². The number of carbonyl (C=O) groups excluding carboxylic acids is 3. The number of hydrogen-bond acceptors (Lipinski definition) is 5. The van der Waals surface area contributed by atoms with Gasteiger partial charge in [-0.3, -0.25) is 14.4 Å². The summed E-state index contributed by atoms with van der Waals surface area (Å²) in [4.78, 5) is 48.7. The van der Waals surface area contributed by atoms with Crippen molar-refractivity contribution in [2.75, 3.05) is 31.1 Å². The first kappa shape index (κ1) is 31.4. The van der Waals surface area contributed by atoms with Crippen LogP contribution >= 0.6 is 11.8 Å². The molecule has 1 spiro atoms. The second-order valence-corrected chi connectivity index (χ2v) is 15.7. The van der Waals surface area contributed by atoms with Crippen LogP contribution in [0.3, 0.4) is 0 Å². The number of amides is 3. The van der Waals surface area contributed by atoms with Crippen LogP contribution in [-0.4, -0.2) is 79.9 Å². The molecule has 2 unspecified atom stereocenters. The van der Waals surface area contributed by atoms with Crippen LogP contribution in [0.2, 0.25) is 0 Å². The van der Waals surface area contributed by atoms with Crippen LogP contribution in [-0.2, 0) is 14.4 Å². The van der Waals surface area contributed by atoms with Crippen molar-refractivity contribution in [2.45, 2.75) is 81.9 Å². The van der Waals surface area contributed by atoms with Gasteiger partial charge in [0.1, 0.15) is 6.04 Å². The van der Waals surface area contributed by atoms with Gasteiger partial charge in [-0.05, 0) is 57.6 Å². The third-order valence-corrected chi connectivity index (χ3v) is 11.0. The molecule has 3 aliphatic heterocycles. The van der Waals surface area contributed by atoms with Crippen molar-refractivity contribution in [1.82, 2.24) is 9.80 Å². The van der Waals surface area contributed by atoms with E-state index in [1.54, 1.807) is 33.7 Å². The van der Waals surface area contributed by atoms with Crippen LogP contribution in [0, 0.1) is 17.3 Å². The van der Waals surface area contributed by atoms with E-state index < -0.39 is 32.9 Å². The standard InChI is InChI=1S/C33H47N3O4S/c1-9-18-34(23-14-12-11-13-15-23)27(38)24-25-28(39)35(20-21-37)26(33(25)17-16-32(24,8)41-33)29(40)36(19-10-2)31(6,7)22-30(3,4)5/h9-15,24-26,37H,1-2,16-22H2,3-8H3/t24-,25-,26?,32+,33?/m0/s1. The molecular formula is C33H47N3O4S. The highest BCUT2D eigenvalue weighted by Gasteiger charge is 2.77. The van der Waals surface area contributed by atoms with Gasteiger partial charge >= 0.3 is 0 Å². The molecule has 1 aromatic rings. The maximum absolute atomic E-state index is 14.7. The quantitative estimate of drug-likeness (QED) is 0.376. The first-order valence-corrected chi connectivity index (χ1v) is 15.5. The Morgan fingerprint density at radius 2 is 1.71 bits per heavy atom. The number of thioether (sulfide) groups is 1. The number of β-amino-alcohol motifs (C(OH)–C–C–N with tert-alkyl or cyclic N) is 1. The third kappa shape index (κ3) is 5.38. The number of nitrogens with zero attached hydrogens (tertiary/aromatic N) is 3. The molecule has 224 valence electrons. The summed E-state index contributed by atoms with van der Waals surface area (Å²) >= 11 is 1.66. The predicted octanol–water partition coefficient (Wildman–Crippen LogP) is 4.91. The number of fused-ring (bicyclic) bond motifs is 1. The van der Waals surface area contributed by atoms with Crippen LogP contribution in [0.1, 0.15) is 60.8 Å². The Bertz CT molecular complexity index is 1190. The molecule has 0 aromatic heterocycles. The summed E-state index contributed by atoms with van der Waals surface area (Å²) in [5.74, 6) is -1.68. The Morgan fingerprint density at radius 1 is 1.07 bits per heavy atom. The van der Waals surface area contributed by atoms with Gasteiger partial charge in [-0.2, -0.15) is 0 Å². The lowest BCUT2D eigenvalue weighted by molar-refractivity contribution is -0.147. The second-order valence-electron chi connectivity index (χ2n) is 13.8. The van der Waals surface area contributed by atoms with Crippen LogP contribution in [0.5, 0.6) is 0 Å². The lowest BCUT2D eigenvalue weighted by atomic mass is 9.66. The molecular weight excluding hydrogens is 534 g/mol. The minimum absolute atomic E-state index is 0.0299. The number of aliphatic hydroxyl groups is 1. The molecule has 3 saturated heterocycles. The van der Waals surface area contributed by atoms with Gasteiger partial charge in [0.05, 0.1) is 23.2 Å². The number of anilines is 1. The van der Waals surface area contributed by atoms with Gasteiger partial charge in [0.2, 0.25) is 17.7 Å². The van der Waals surface area contributed by atoms with E-state index in [4.69, 9.17) is 0 Å². The molecule has 3 aliphatic rings. The molecule has 3 heterocycles. The Kier molecular flexibility index (Phi) is 8.60. The van der Waals surface area contributed by atoms with Crippen LogP contribution < -0.4 is 4.90 Å². The molecule has 41 heavy (non-hydrogen) atoms. The van der Waals surface area contributed by atoms with Gasteiger partial charge in [-0.1, -0.05) is 51.1 Å². The lowest BCUT2D eigenvalue weighted by Crippen LogP contribution is -2.60. The third-order valence-electron chi connectivity index (χ3n) is 9.03. The van der Waals surface area contributed by atoms with E-state index in [0.717, 1.165) is 18.5 Å². The fourth-order valence-corrected chi connectivity index (χ4v) is 10.3. The Morgan fingerprint density at radius 3 is 2.27 bits per heavy atom. The molecule has 0 aliphatic carbocycles. The summed E-state index contributed by atoms with van der Waals surface area (Å²) in [5, 5.41) is 10.0. The van der Waals surface area contributed by atoms with Crippen molar-refractivity contribution in [3.63, 3.8) is 0 Å². The Balaban J connectivity index is 1.79. The molecule has 3 fully saturated rings. The number of hydrogen-bond donors (Lipinski definition) is 1. The highest BCUT2D eigenvalue weighted by molar-refractivity contribution is 8.02. The molecule has 7 nitrogen and oxygen atoms in total. The fourth-order valence-electron chi connectivity index (χ4n) is 7.96. The van der Waals surface area contributed by atoms with Gasteiger partial charge < -0.3 is 19.8 Å². The molecule has 0 radical (unpaired) electrons. The number of benzene rings is 1. The summed E-state index contributed by atoms with van der Waals surface area (Å²) in [6, 6.07) is 8.72. The topological polar surface area (TPSA) is 81.2 Å². The highest BCUT2D eigenvalue weighted by Crippen LogP contribution is 2.71. The van der Waals surface area contributed by atoms with E-state index in [-0.39, 0.29) is 36.3 Å². The zero-order valence-corrected chi connectivity index (χ0v) is 26.4. The van der Waals surface area contributed by atoms with Gasteiger partial charge in [0.25, 0.3) is 0 Å². The summed E-state index contributed by atoms with van der Waals surface area (Å²) in [5.41, 5.74) is 0.229. The average molecular weight is 582 g/mol. The average Bonchev–Trinajstić information content (AvgIpc) is 3.45. The van der Waals surface area contributed by atoms with E-state index in [1.165, 1.54) is 0 Å². The molecule has 2 bridgehead atoms. The van der Waals surface area contributed by atoms with Gasteiger partial charge in [0.15, 0.2) is 0 Å². The summed E-state index contributed by atoms with van der Waals surface area (Å²) in [6.45, 7) is 21.0. The highest BCUT2D eigenvalue weighted by atomic mass is 32.2. The van der Waals surface area contributed by atoms with E-state index in [9.17, 15) is 19.5 Å². The smallest absolute Gasteiger partial charge is 0.247 e. The molecule has 0 saturated carbocycles. The second kappa shape index (κ2) is 11.3. The van der Waals surface area contributed by atoms with Crippen molar-refractivity contribution in [1.29, 1.82) is 0 Å². The van der Waals surface area contributed by atoms with Gasteiger partial charge in [0, 0.05) is 35.6 Å². The van der Waals surface area contributed by atoms with Gasteiger partial charge in [-0.25, -0.2) is 0 Å². The maximum Gasteiger partial charge on any atom is 0.247 e. The minimum Gasteiger partial charge on any atom is -0.395 e. The minimum atomic E-state index is -0.763. The molecule has 1 aromatic carbocycles. The van der Waals surface area contributed by atoms with E-state index >= 15 is 0 Å².